The van der Waals surface area contributed by atoms with E-state index in [1.165, 1.54) is 0 Å². The number of aryl methyl sites for hydroxylation is 1. The molecule has 0 atom stereocenters. The summed E-state index contributed by atoms with van der Waals surface area (Å²) in [7, 11) is 0. The van der Waals surface area contributed by atoms with Gasteiger partial charge in [0.1, 0.15) is 0 Å². The van der Waals surface area contributed by atoms with Crippen molar-refractivity contribution in [1.82, 2.24) is 9.55 Å². The molecule has 0 unspecified atom stereocenters. The van der Waals surface area contributed by atoms with Crippen molar-refractivity contribution in [2.45, 2.75) is 18.6 Å². The molecule has 0 fully saturated rings. The van der Waals surface area contributed by atoms with E-state index in [1.54, 1.807) is 6.20 Å². The van der Waals surface area contributed by atoms with Gasteiger partial charge in [0.15, 0.2) is 5.16 Å². The highest BCUT2D eigenvalue weighted by atomic mass is 32.1. The summed E-state index contributed by atoms with van der Waals surface area (Å²) in [6, 6.07) is 0. The maximum absolute atomic E-state index is 4.08. The molecule has 0 saturated heterocycles. The van der Waals surface area contributed by atoms with Gasteiger partial charge >= 0.3 is 0 Å². The summed E-state index contributed by atoms with van der Waals surface area (Å²) in [5, 5.41) is 0.785. The molecular weight excluding hydrogens is 120 g/mol. The molecule has 1 heterocycles. The Labute approximate surface area is 54.0 Å². The van der Waals surface area contributed by atoms with Crippen molar-refractivity contribution in [3.05, 3.63) is 12.4 Å². The third-order valence-corrected chi connectivity index (χ3v) is 1.41. The van der Waals surface area contributed by atoms with Crippen molar-refractivity contribution in [2.24, 2.45) is 0 Å². The van der Waals surface area contributed by atoms with Crippen molar-refractivity contribution in [1.29, 1.82) is 0 Å². The molecule has 0 aromatic carbocycles. The van der Waals surface area contributed by atoms with Crippen LogP contribution in [0.15, 0.2) is 17.6 Å². The first-order valence-electron chi connectivity index (χ1n) is 2.54. The van der Waals surface area contributed by atoms with Crippen molar-refractivity contribution < 1.29 is 0 Å². The van der Waals surface area contributed by atoms with Crippen LogP contribution >= 0.6 is 12.6 Å². The van der Waals surface area contributed by atoms with E-state index >= 15 is 0 Å². The molecule has 2 nitrogen and oxygen atoms in total. The molecule has 0 aliphatic rings. The standard InChI is InChI=1S/C5H8N2S/c1-2-7-4-3-6-5(7)8/h3-4H,2H2,1H3,(H,6,8). The van der Waals surface area contributed by atoms with E-state index in [1.807, 2.05) is 10.8 Å². The van der Waals surface area contributed by atoms with Crippen molar-refractivity contribution in [3.8, 4) is 0 Å². The van der Waals surface area contributed by atoms with Gasteiger partial charge in [-0.15, -0.1) is 12.6 Å². The predicted molar refractivity (Wildman–Crippen MR) is 35.2 cm³/mol. The zero-order valence-corrected chi connectivity index (χ0v) is 5.60. The highest BCUT2D eigenvalue weighted by molar-refractivity contribution is 7.80. The van der Waals surface area contributed by atoms with Gasteiger partial charge in [0.25, 0.3) is 0 Å². The Kier molecular flexibility index (Phi) is 1.58. The molecule has 0 spiro atoms. The summed E-state index contributed by atoms with van der Waals surface area (Å²) in [5.74, 6) is 0. The molecule has 3 heteroatoms. The molecule has 0 N–H and O–H groups in total. The van der Waals surface area contributed by atoms with Gasteiger partial charge in [-0.05, 0) is 6.92 Å². The fourth-order valence-corrected chi connectivity index (χ4v) is 0.843. The van der Waals surface area contributed by atoms with E-state index in [0.717, 1.165) is 11.7 Å². The third-order valence-electron chi connectivity index (χ3n) is 1.03. The second-order valence-corrected chi connectivity index (χ2v) is 1.91. The van der Waals surface area contributed by atoms with Gasteiger partial charge in [0.05, 0.1) is 0 Å². The summed E-state index contributed by atoms with van der Waals surface area (Å²) in [6.45, 7) is 3.00. The van der Waals surface area contributed by atoms with E-state index in [0.29, 0.717) is 0 Å². The number of aromatic nitrogens is 2. The van der Waals surface area contributed by atoms with Gasteiger partial charge in [0, 0.05) is 18.9 Å². The molecule has 0 amide bonds. The molecule has 0 radical (unpaired) electrons. The van der Waals surface area contributed by atoms with Crippen LogP contribution < -0.4 is 0 Å². The first kappa shape index (κ1) is 5.69. The number of hydrogen-bond donors (Lipinski definition) is 1. The molecule has 1 rings (SSSR count). The average Bonchev–Trinajstić information content (AvgIpc) is 2.14. The minimum atomic E-state index is 0.785. The molecule has 0 aliphatic carbocycles. The highest BCUT2D eigenvalue weighted by Crippen LogP contribution is 1.99. The average molecular weight is 128 g/mol. The van der Waals surface area contributed by atoms with E-state index in [-0.39, 0.29) is 0 Å². The van der Waals surface area contributed by atoms with Crippen molar-refractivity contribution >= 4 is 12.6 Å². The molecule has 0 saturated carbocycles. The van der Waals surface area contributed by atoms with Crippen molar-refractivity contribution in [3.63, 3.8) is 0 Å². The SMILES string of the molecule is CCn1ccnc1S. The van der Waals surface area contributed by atoms with Crippen LogP contribution in [0.5, 0.6) is 0 Å². The van der Waals surface area contributed by atoms with Crippen molar-refractivity contribution in [2.75, 3.05) is 0 Å². The first-order valence-corrected chi connectivity index (χ1v) is 2.99. The maximum Gasteiger partial charge on any atom is 0.164 e. The second-order valence-electron chi connectivity index (χ2n) is 1.51. The Morgan fingerprint density at radius 2 is 2.62 bits per heavy atom. The van der Waals surface area contributed by atoms with E-state index in [4.69, 9.17) is 0 Å². The van der Waals surface area contributed by atoms with E-state index in [9.17, 15) is 0 Å². The minimum absolute atomic E-state index is 0.785. The van der Waals surface area contributed by atoms with Crippen LogP contribution in [0.3, 0.4) is 0 Å². The quantitative estimate of drug-likeness (QED) is 0.562. The largest absolute Gasteiger partial charge is 0.327 e. The van der Waals surface area contributed by atoms with Gasteiger partial charge in [-0.3, -0.25) is 0 Å². The van der Waals surface area contributed by atoms with Gasteiger partial charge in [-0.2, -0.15) is 0 Å². The van der Waals surface area contributed by atoms with Gasteiger partial charge in [-0.25, -0.2) is 4.98 Å². The Balaban J connectivity index is 2.92. The van der Waals surface area contributed by atoms with Crippen LogP contribution in [-0.2, 0) is 6.54 Å². The minimum Gasteiger partial charge on any atom is -0.327 e. The monoisotopic (exact) mass is 128 g/mol. The number of imidazole rings is 1. The molecular formula is C5H8N2S. The summed E-state index contributed by atoms with van der Waals surface area (Å²) < 4.78 is 1.96. The summed E-state index contributed by atoms with van der Waals surface area (Å²) in [5.41, 5.74) is 0. The second kappa shape index (κ2) is 2.22. The van der Waals surface area contributed by atoms with Gasteiger partial charge in [0.2, 0.25) is 0 Å². The van der Waals surface area contributed by atoms with Crippen LogP contribution in [0.4, 0.5) is 0 Å². The molecule has 1 aromatic heterocycles. The number of rotatable bonds is 1. The molecule has 0 bridgehead atoms. The van der Waals surface area contributed by atoms with E-state index in [2.05, 4.69) is 24.5 Å². The number of thiol groups is 1. The lowest BCUT2D eigenvalue weighted by Gasteiger charge is -1.94. The Morgan fingerprint density at radius 3 is 2.88 bits per heavy atom. The lowest BCUT2D eigenvalue weighted by atomic mass is 10.7. The zero-order chi connectivity index (χ0) is 5.98. The lowest BCUT2D eigenvalue weighted by molar-refractivity contribution is 0.683. The van der Waals surface area contributed by atoms with Gasteiger partial charge < -0.3 is 4.57 Å². The molecule has 8 heavy (non-hydrogen) atoms. The Hall–Kier alpha value is -0.440. The predicted octanol–water partition coefficient (Wildman–Crippen LogP) is 1.19. The molecule has 44 valence electrons. The summed E-state index contributed by atoms with van der Waals surface area (Å²) in [4.78, 5) is 3.91. The topological polar surface area (TPSA) is 17.8 Å². The lowest BCUT2D eigenvalue weighted by Crippen LogP contribution is -1.90. The van der Waals surface area contributed by atoms with Crippen LogP contribution in [0.25, 0.3) is 0 Å². The number of hydrogen-bond acceptors (Lipinski definition) is 2. The summed E-state index contributed by atoms with van der Waals surface area (Å²) in [6.07, 6.45) is 3.65. The Morgan fingerprint density at radius 1 is 1.88 bits per heavy atom. The first-order chi connectivity index (χ1) is 3.84. The fraction of sp³-hybridized carbons (Fsp3) is 0.400. The molecule has 0 aliphatic heterocycles. The Bertz CT molecular complexity index is 171. The zero-order valence-electron chi connectivity index (χ0n) is 4.70. The highest BCUT2D eigenvalue weighted by Gasteiger charge is 1.89. The smallest absolute Gasteiger partial charge is 0.164 e. The van der Waals surface area contributed by atoms with Crippen LogP contribution in [-0.4, -0.2) is 9.55 Å². The fourth-order valence-electron chi connectivity index (χ4n) is 0.568. The van der Waals surface area contributed by atoms with Crippen LogP contribution in [0.1, 0.15) is 6.92 Å². The van der Waals surface area contributed by atoms with Gasteiger partial charge in [-0.1, -0.05) is 0 Å². The number of nitrogens with zero attached hydrogens (tertiary/aromatic N) is 2. The third kappa shape index (κ3) is 0.865. The maximum atomic E-state index is 4.08. The summed E-state index contributed by atoms with van der Waals surface area (Å²) >= 11 is 4.08. The van der Waals surface area contributed by atoms with Crippen LogP contribution in [0.2, 0.25) is 0 Å². The molecule has 1 aromatic rings. The van der Waals surface area contributed by atoms with E-state index < -0.39 is 0 Å². The normalized spacial score (nSPS) is 9.75. The van der Waals surface area contributed by atoms with Crippen LogP contribution in [0, 0.1) is 0 Å².